The van der Waals surface area contributed by atoms with Crippen LogP contribution in [0.4, 0.5) is 0 Å². The van der Waals surface area contributed by atoms with E-state index in [2.05, 4.69) is 36.6 Å². The Kier molecular flexibility index (Phi) is 5.40. The second-order valence-electron chi connectivity index (χ2n) is 3.15. The van der Waals surface area contributed by atoms with Crippen LogP contribution in [0.1, 0.15) is 13.3 Å². The van der Waals surface area contributed by atoms with Crippen LogP contribution in [0.15, 0.2) is 18.5 Å². The molecule has 0 aromatic carbocycles. The third-order valence-corrected chi connectivity index (χ3v) is 6.29. The molecule has 1 aromatic heterocycles. The molecule has 1 aromatic rings. The highest BCUT2D eigenvalue weighted by atomic mass is 79.9. The molecule has 1 atom stereocenters. The van der Waals surface area contributed by atoms with E-state index in [1.807, 2.05) is 6.92 Å². The van der Waals surface area contributed by atoms with Gasteiger partial charge in [-0.15, -0.1) is 11.3 Å². The zero-order valence-electron chi connectivity index (χ0n) is 8.54. The second kappa shape index (κ2) is 5.92. The Morgan fingerprint density at radius 1 is 1.56 bits per heavy atom. The summed E-state index contributed by atoms with van der Waals surface area (Å²) < 4.78 is 27.9. The summed E-state index contributed by atoms with van der Waals surface area (Å²) in [4.78, 5) is 0.247. The third-order valence-electron chi connectivity index (χ3n) is 2.01. The smallest absolute Gasteiger partial charge is 0.242 e. The molecule has 0 saturated carbocycles. The molecule has 0 aliphatic rings. The molecule has 8 heteroatoms. The molecule has 16 heavy (non-hydrogen) atoms. The zero-order valence-corrected chi connectivity index (χ0v) is 13.3. The molecule has 1 unspecified atom stereocenters. The molecule has 0 amide bonds. The Morgan fingerprint density at radius 3 is 2.56 bits per heavy atom. The summed E-state index contributed by atoms with van der Waals surface area (Å²) in [6.45, 7) is 2.18. The molecule has 0 bridgehead atoms. The number of nitrogens with two attached hydrogens (primary N) is 1. The van der Waals surface area contributed by atoms with Crippen molar-refractivity contribution in [3.05, 3.63) is 13.6 Å². The summed E-state index contributed by atoms with van der Waals surface area (Å²) >= 11 is 7.79. The van der Waals surface area contributed by atoms with E-state index in [-0.39, 0.29) is 10.9 Å². The topological polar surface area (TPSA) is 72.2 Å². The van der Waals surface area contributed by atoms with E-state index < -0.39 is 10.0 Å². The van der Waals surface area contributed by atoms with E-state index in [1.165, 1.54) is 11.3 Å². The molecule has 0 aliphatic heterocycles. The fourth-order valence-corrected chi connectivity index (χ4v) is 6.23. The van der Waals surface area contributed by atoms with Crippen LogP contribution in [0.2, 0.25) is 0 Å². The Balaban J connectivity index is 2.98. The average Bonchev–Trinajstić information content (AvgIpc) is 2.55. The molecule has 1 heterocycles. The summed E-state index contributed by atoms with van der Waals surface area (Å²) in [7, 11) is -3.49. The van der Waals surface area contributed by atoms with E-state index >= 15 is 0 Å². The van der Waals surface area contributed by atoms with Gasteiger partial charge < -0.3 is 5.73 Å². The molecule has 92 valence electrons. The van der Waals surface area contributed by atoms with E-state index in [0.29, 0.717) is 16.8 Å². The number of sulfonamides is 1. The number of hydrogen-bond acceptors (Lipinski definition) is 4. The van der Waals surface area contributed by atoms with Crippen molar-refractivity contribution in [3.8, 4) is 0 Å². The summed E-state index contributed by atoms with van der Waals surface area (Å²) in [6, 6.07) is 1.34. The van der Waals surface area contributed by atoms with Crippen molar-refractivity contribution < 1.29 is 8.42 Å². The number of thiophene rings is 1. The van der Waals surface area contributed by atoms with Crippen LogP contribution in [0.25, 0.3) is 0 Å². The van der Waals surface area contributed by atoms with Gasteiger partial charge in [0.15, 0.2) is 0 Å². The van der Waals surface area contributed by atoms with Gasteiger partial charge in [-0.3, -0.25) is 0 Å². The molecule has 0 spiro atoms. The lowest BCUT2D eigenvalue weighted by Gasteiger charge is -2.14. The van der Waals surface area contributed by atoms with Crippen molar-refractivity contribution in [1.29, 1.82) is 0 Å². The Morgan fingerprint density at radius 2 is 2.19 bits per heavy atom. The fourth-order valence-electron chi connectivity index (χ4n) is 1.09. The van der Waals surface area contributed by atoms with Gasteiger partial charge in [0.05, 0.1) is 7.57 Å². The maximum Gasteiger partial charge on any atom is 0.242 e. The quantitative estimate of drug-likeness (QED) is 0.808. The minimum absolute atomic E-state index is 0.226. The highest BCUT2D eigenvalue weighted by Crippen LogP contribution is 2.34. The van der Waals surface area contributed by atoms with Crippen molar-refractivity contribution in [1.82, 2.24) is 4.72 Å². The average molecular weight is 392 g/mol. The predicted octanol–water partition coefficient (Wildman–Crippen LogP) is 2.29. The first-order valence-corrected chi connectivity index (χ1v) is 8.46. The second-order valence-corrected chi connectivity index (χ2v) is 8.58. The number of nitrogens with one attached hydrogen (secondary N) is 1. The maximum absolute atomic E-state index is 12.0. The Labute approximate surface area is 116 Å². The van der Waals surface area contributed by atoms with Crippen LogP contribution in [0, 0.1) is 0 Å². The van der Waals surface area contributed by atoms with Gasteiger partial charge in [0.25, 0.3) is 0 Å². The molecule has 0 saturated heterocycles. The highest BCUT2D eigenvalue weighted by Gasteiger charge is 2.22. The maximum atomic E-state index is 12.0. The number of hydrogen-bond donors (Lipinski definition) is 2. The van der Waals surface area contributed by atoms with Crippen molar-refractivity contribution >= 4 is 53.2 Å². The molecule has 0 aliphatic carbocycles. The summed E-state index contributed by atoms with van der Waals surface area (Å²) in [5, 5.41) is 0. The molecule has 1 rings (SSSR count). The van der Waals surface area contributed by atoms with Crippen LogP contribution in [-0.4, -0.2) is 21.0 Å². The van der Waals surface area contributed by atoms with E-state index in [1.54, 1.807) is 6.07 Å². The minimum Gasteiger partial charge on any atom is -0.329 e. The van der Waals surface area contributed by atoms with Crippen molar-refractivity contribution in [3.63, 3.8) is 0 Å². The molecule has 4 nitrogen and oxygen atoms in total. The summed E-state index contributed by atoms with van der Waals surface area (Å²) in [6.07, 6.45) is 0.665. The number of halogens is 2. The lowest BCUT2D eigenvalue weighted by molar-refractivity contribution is 0.542. The van der Waals surface area contributed by atoms with Gasteiger partial charge in [0, 0.05) is 12.6 Å². The fraction of sp³-hybridized carbons (Fsp3) is 0.500. The van der Waals surface area contributed by atoms with Gasteiger partial charge >= 0.3 is 0 Å². The van der Waals surface area contributed by atoms with Crippen molar-refractivity contribution in [2.24, 2.45) is 5.73 Å². The largest absolute Gasteiger partial charge is 0.329 e. The number of rotatable bonds is 5. The normalized spacial score (nSPS) is 14.0. The van der Waals surface area contributed by atoms with Crippen molar-refractivity contribution in [2.45, 2.75) is 24.3 Å². The van der Waals surface area contributed by atoms with Gasteiger partial charge in [-0.05, 0) is 44.3 Å². The molecule has 0 fully saturated rings. The Bertz CT molecular complexity index is 455. The standard InChI is InChI=1S/C8H12Br2N2O2S2/c1-2-5(4-11)12-16(13,14)6-3-7(9)15-8(6)10/h3,5,12H,2,4,11H2,1H3. The summed E-state index contributed by atoms with van der Waals surface area (Å²) in [5.41, 5.74) is 5.47. The van der Waals surface area contributed by atoms with Crippen molar-refractivity contribution in [2.75, 3.05) is 6.54 Å². The first kappa shape index (κ1) is 14.6. The lowest BCUT2D eigenvalue weighted by Crippen LogP contribution is -2.39. The van der Waals surface area contributed by atoms with E-state index in [0.717, 1.165) is 3.79 Å². The lowest BCUT2D eigenvalue weighted by atomic mass is 10.2. The minimum atomic E-state index is -3.49. The SMILES string of the molecule is CCC(CN)NS(=O)(=O)c1cc(Br)sc1Br. The highest BCUT2D eigenvalue weighted by molar-refractivity contribution is 9.12. The molecule has 3 N–H and O–H groups in total. The van der Waals surface area contributed by atoms with E-state index in [4.69, 9.17) is 5.73 Å². The first-order valence-electron chi connectivity index (χ1n) is 4.58. The third kappa shape index (κ3) is 3.51. The Hall–Kier alpha value is 0.530. The van der Waals surface area contributed by atoms with Gasteiger partial charge in [0.2, 0.25) is 10.0 Å². The van der Waals surface area contributed by atoms with Crippen LogP contribution < -0.4 is 10.5 Å². The predicted molar refractivity (Wildman–Crippen MR) is 73.2 cm³/mol. The molecular formula is C8H12Br2N2O2S2. The van der Waals surface area contributed by atoms with Gasteiger partial charge in [-0.25, -0.2) is 13.1 Å². The zero-order chi connectivity index (χ0) is 12.3. The van der Waals surface area contributed by atoms with Gasteiger partial charge in [-0.1, -0.05) is 6.92 Å². The van der Waals surface area contributed by atoms with Crippen LogP contribution in [-0.2, 0) is 10.0 Å². The first-order chi connectivity index (χ1) is 7.40. The molecular weight excluding hydrogens is 380 g/mol. The van der Waals surface area contributed by atoms with Crippen LogP contribution in [0.5, 0.6) is 0 Å². The van der Waals surface area contributed by atoms with E-state index in [9.17, 15) is 8.42 Å². The van der Waals surface area contributed by atoms with Gasteiger partial charge in [-0.2, -0.15) is 0 Å². The monoisotopic (exact) mass is 390 g/mol. The van der Waals surface area contributed by atoms with Crippen LogP contribution >= 0.6 is 43.2 Å². The summed E-state index contributed by atoms with van der Waals surface area (Å²) in [5.74, 6) is 0. The van der Waals surface area contributed by atoms with Crippen LogP contribution in [0.3, 0.4) is 0 Å². The van der Waals surface area contributed by atoms with Gasteiger partial charge in [0.1, 0.15) is 4.90 Å². The molecule has 0 radical (unpaired) electrons.